The van der Waals surface area contributed by atoms with Gasteiger partial charge in [-0.05, 0) is 42.5 Å². The number of nitrogens with zero attached hydrogens (tertiary/aromatic N) is 4. The van der Waals surface area contributed by atoms with Crippen molar-refractivity contribution in [3.63, 3.8) is 0 Å². The zero-order valence-electron chi connectivity index (χ0n) is 20.4. The summed E-state index contributed by atoms with van der Waals surface area (Å²) in [6, 6.07) is 25.0. The first-order chi connectivity index (χ1) is 17.6. The highest BCUT2D eigenvalue weighted by Crippen LogP contribution is 2.33. The van der Waals surface area contributed by atoms with Crippen LogP contribution in [0, 0.1) is 0 Å². The molecule has 0 fully saturated rings. The monoisotopic (exact) mass is 478 g/mol. The SMILES string of the molecule is COc1ccc(-c2cc(C(=O)N(C)Cc3cnn(-c4ccccc4)c3)c3ccccc3n2)cc1OC. The van der Waals surface area contributed by atoms with Crippen molar-refractivity contribution >= 4 is 16.8 Å². The van der Waals surface area contributed by atoms with Gasteiger partial charge in [-0.1, -0.05) is 36.4 Å². The molecule has 0 bridgehead atoms. The standard InChI is InChI=1S/C29H26N4O3/c1-32(18-20-17-30-33(19-20)22-9-5-4-6-10-22)29(34)24-16-26(31-25-12-8-7-11-23(24)25)21-13-14-27(35-2)28(15-21)36-3/h4-17,19H,18H2,1-3H3. The molecule has 0 radical (unpaired) electrons. The Labute approximate surface area is 209 Å². The molecule has 0 aliphatic carbocycles. The summed E-state index contributed by atoms with van der Waals surface area (Å²) in [5.74, 6) is 1.14. The fourth-order valence-corrected chi connectivity index (χ4v) is 4.21. The Balaban J connectivity index is 1.48. The van der Waals surface area contributed by atoms with Crippen LogP contribution in [-0.2, 0) is 6.54 Å². The van der Waals surface area contributed by atoms with Crippen LogP contribution in [-0.4, -0.2) is 46.8 Å². The Morgan fingerprint density at radius 2 is 1.67 bits per heavy atom. The summed E-state index contributed by atoms with van der Waals surface area (Å²) in [6.45, 7) is 0.425. The molecular weight excluding hydrogens is 452 g/mol. The molecule has 7 heteroatoms. The Morgan fingerprint density at radius 1 is 0.917 bits per heavy atom. The lowest BCUT2D eigenvalue weighted by Gasteiger charge is -2.18. The van der Waals surface area contributed by atoms with Crippen LogP contribution < -0.4 is 9.47 Å². The van der Waals surface area contributed by atoms with E-state index < -0.39 is 0 Å². The molecule has 0 saturated carbocycles. The molecule has 0 aliphatic heterocycles. The molecule has 0 N–H and O–H groups in total. The number of fused-ring (bicyclic) bond motifs is 1. The Morgan fingerprint density at radius 3 is 2.44 bits per heavy atom. The summed E-state index contributed by atoms with van der Waals surface area (Å²) in [5, 5.41) is 5.26. The van der Waals surface area contributed by atoms with Gasteiger partial charge in [-0.3, -0.25) is 4.79 Å². The quantitative estimate of drug-likeness (QED) is 0.314. The number of carbonyl (C=O) groups is 1. The van der Waals surface area contributed by atoms with E-state index in [1.165, 1.54) is 0 Å². The van der Waals surface area contributed by atoms with E-state index in [2.05, 4.69) is 5.10 Å². The third-order valence-electron chi connectivity index (χ3n) is 6.05. The predicted octanol–water partition coefficient (Wildman–Crippen LogP) is 5.38. The van der Waals surface area contributed by atoms with Crippen molar-refractivity contribution in [1.82, 2.24) is 19.7 Å². The number of ether oxygens (including phenoxy) is 2. The molecule has 1 amide bonds. The molecule has 2 heterocycles. The van der Waals surface area contributed by atoms with Crippen LogP contribution in [0.15, 0.2) is 91.3 Å². The van der Waals surface area contributed by atoms with E-state index in [0.29, 0.717) is 29.3 Å². The number of amides is 1. The molecule has 5 rings (SSSR count). The molecule has 3 aromatic carbocycles. The van der Waals surface area contributed by atoms with Crippen LogP contribution in [0.25, 0.3) is 27.8 Å². The van der Waals surface area contributed by atoms with Gasteiger partial charge in [0.15, 0.2) is 11.5 Å². The third kappa shape index (κ3) is 4.51. The van der Waals surface area contributed by atoms with Crippen LogP contribution in [0.2, 0.25) is 0 Å². The first-order valence-corrected chi connectivity index (χ1v) is 11.5. The normalized spacial score (nSPS) is 10.9. The molecular formula is C29H26N4O3. The minimum absolute atomic E-state index is 0.0946. The fraction of sp³-hybridized carbons (Fsp3) is 0.138. The topological polar surface area (TPSA) is 69.5 Å². The van der Waals surface area contributed by atoms with Crippen molar-refractivity contribution in [2.75, 3.05) is 21.3 Å². The van der Waals surface area contributed by atoms with Gasteiger partial charge in [0.25, 0.3) is 5.91 Å². The maximum atomic E-state index is 13.7. The Bertz CT molecular complexity index is 1530. The number of pyridine rings is 1. The minimum Gasteiger partial charge on any atom is -0.493 e. The molecule has 0 aliphatic rings. The average molecular weight is 479 g/mol. The van der Waals surface area contributed by atoms with Crippen molar-refractivity contribution < 1.29 is 14.3 Å². The highest BCUT2D eigenvalue weighted by molar-refractivity contribution is 6.07. The second kappa shape index (κ2) is 9.92. The van der Waals surface area contributed by atoms with Crippen molar-refractivity contribution in [3.05, 3.63) is 102 Å². The van der Waals surface area contributed by atoms with E-state index in [9.17, 15) is 4.79 Å². The number of rotatable bonds is 7. The molecule has 0 saturated heterocycles. The molecule has 7 nitrogen and oxygen atoms in total. The van der Waals surface area contributed by atoms with Crippen molar-refractivity contribution in [2.45, 2.75) is 6.54 Å². The van der Waals surface area contributed by atoms with E-state index in [0.717, 1.165) is 27.7 Å². The maximum Gasteiger partial charge on any atom is 0.254 e. The van der Waals surface area contributed by atoms with Crippen LogP contribution in [0.3, 0.4) is 0 Å². The van der Waals surface area contributed by atoms with Gasteiger partial charge in [-0.2, -0.15) is 5.10 Å². The summed E-state index contributed by atoms with van der Waals surface area (Å²) in [6.07, 6.45) is 3.73. The van der Waals surface area contributed by atoms with E-state index in [4.69, 9.17) is 14.5 Å². The first kappa shape index (κ1) is 23.1. The summed E-state index contributed by atoms with van der Waals surface area (Å²) in [7, 11) is 4.99. The summed E-state index contributed by atoms with van der Waals surface area (Å²) >= 11 is 0. The third-order valence-corrected chi connectivity index (χ3v) is 6.05. The zero-order chi connectivity index (χ0) is 25.1. The Hall–Kier alpha value is -4.65. The smallest absolute Gasteiger partial charge is 0.254 e. The van der Waals surface area contributed by atoms with Crippen molar-refractivity contribution in [1.29, 1.82) is 0 Å². The molecule has 5 aromatic rings. The lowest BCUT2D eigenvalue weighted by atomic mass is 10.0. The van der Waals surface area contributed by atoms with Crippen LogP contribution >= 0.6 is 0 Å². The van der Waals surface area contributed by atoms with Gasteiger partial charge >= 0.3 is 0 Å². The molecule has 36 heavy (non-hydrogen) atoms. The Kier molecular flexibility index (Phi) is 6.36. The van der Waals surface area contributed by atoms with Gasteiger partial charge in [0, 0.05) is 36.3 Å². The van der Waals surface area contributed by atoms with Gasteiger partial charge in [0.1, 0.15) is 0 Å². The number of benzene rings is 3. The average Bonchev–Trinajstić information content (AvgIpc) is 3.40. The van der Waals surface area contributed by atoms with Crippen molar-refractivity contribution in [2.24, 2.45) is 0 Å². The van der Waals surface area contributed by atoms with Crippen LogP contribution in [0.1, 0.15) is 15.9 Å². The molecule has 180 valence electrons. The van der Waals surface area contributed by atoms with Gasteiger partial charge in [0.2, 0.25) is 0 Å². The number of methoxy groups -OCH3 is 2. The summed E-state index contributed by atoms with van der Waals surface area (Å²) < 4.78 is 12.6. The van der Waals surface area contributed by atoms with Gasteiger partial charge in [-0.25, -0.2) is 9.67 Å². The van der Waals surface area contributed by atoms with Crippen LogP contribution in [0.4, 0.5) is 0 Å². The van der Waals surface area contributed by atoms with Gasteiger partial charge in [-0.15, -0.1) is 0 Å². The first-order valence-electron chi connectivity index (χ1n) is 11.5. The predicted molar refractivity (Wildman–Crippen MR) is 140 cm³/mol. The second-order valence-electron chi connectivity index (χ2n) is 8.43. The number of hydrogen-bond donors (Lipinski definition) is 0. The fourth-order valence-electron chi connectivity index (χ4n) is 4.21. The maximum absolute atomic E-state index is 13.7. The highest BCUT2D eigenvalue weighted by Gasteiger charge is 2.19. The highest BCUT2D eigenvalue weighted by atomic mass is 16.5. The molecule has 2 aromatic heterocycles. The van der Waals surface area contributed by atoms with E-state index >= 15 is 0 Å². The zero-order valence-corrected chi connectivity index (χ0v) is 20.4. The lowest BCUT2D eigenvalue weighted by molar-refractivity contribution is 0.0787. The number of para-hydroxylation sites is 2. The largest absolute Gasteiger partial charge is 0.493 e. The molecule has 0 unspecified atom stereocenters. The summed E-state index contributed by atoms with van der Waals surface area (Å²) in [4.78, 5) is 20.2. The van der Waals surface area contributed by atoms with Gasteiger partial charge < -0.3 is 14.4 Å². The number of hydrogen-bond acceptors (Lipinski definition) is 5. The van der Waals surface area contributed by atoms with E-state index in [-0.39, 0.29) is 5.91 Å². The van der Waals surface area contributed by atoms with Gasteiger partial charge in [0.05, 0.1) is 42.9 Å². The second-order valence-corrected chi connectivity index (χ2v) is 8.43. The van der Waals surface area contributed by atoms with Crippen LogP contribution in [0.5, 0.6) is 11.5 Å². The van der Waals surface area contributed by atoms with E-state index in [1.807, 2.05) is 89.7 Å². The summed E-state index contributed by atoms with van der Waals surface area (Å²) in [5.41, 5.74) is 4.76. The number of carbonyl (C=O) groups excluding carboxylic acids is 1. The minimum atomic E-state index is -0.0946. The number of aromatic nitrogens is 3. The van der Waals surface area contributed by atoms with E-state index in [1.54, 1.807) is 32.4 Å². The molecule has 0 atom stereocenters. The lowest BCUT2D eigenvalue weighted by Crippen LogP contribution is -2.26. The molecule has 0 spiro atoms. The van der Waals surface area contributed by atoms with Crippen molar-refractivity contribution in [3.8, 4) is 28.4 Å².